The Bertz CT molecular complexity index is 1270. The number of nitrogens with one attached hydrogen (secondary N) is 2. The minimum atomic E-state index is -3.25. The van der Waals surface area contributed by atoms with E-state index in [2.05, 4.69) is 10.0 Å². The molecule has 0 bridgehead atoms. The molecule has 0 heterocycles. The van der Waals surface area contributed by atoms with Crippen molar-refractivity contribution >= 4 is 33.2 Å². The first-order valence-corrected chi connectivity index (χ1v) is 12.6. The Labute approximate surface area is 193 Å². The molecule has 3 aromatic carbocycles. The zero-order valence-electron chi connectivity index (χ0n) is 18.0. The number of hydrogen-bond acceptors (Lipinski definition) is 3. The first-order valence-electron chi connectivity index (χ1n) is 10.5. The minimum absolute atomic E-state index is 0.0631. The largest absolute Gasteiger partial charge is 0.322 e. The van der Waals surface area contributed by atoms with E-state index < -0.39 is 10.0 Å². The van der Waals surface area contributed by atoms with Gasteiger partial charge in [-0.25, -0.2) is 13.1 Å². The third-order valence-electron chi connectivity index (χ3n) is 5.77. The SMILES string of the molecule is CCS(=O)(=O)NC1Cc2ccc(NC(=O)c3cccc(C)c3-c3ccc(Cl)cc3)cc2C1. The fourth-order valence-corrected chi connectivity index (χ4v) is 5.14. The molecule has 1 amide bonds. The molecule has 0 saturated heterocycles. The predicted octanol–water partition coefficient (Wildman–Crippen LogP) is 4.97. The van der Waals surface area contributed by atoms with Crippen LogP contribution in [0.1, 0.15) is 34.0 Å². The van der Waals surface area contributed by atoms with E-state index in [0.717, 1.165) is 27.8 Å². The standard InChI is InChI=1S/C25H25ClN2O3S/c1-3-32(30,31)28-22-13-18-9-12-21(14-19(18)15-22)27-25(29)23-6-4-5-16(2)24(23)17-7-10-20(26)11-8-17/h4-12,14,22,28H,3,13,15H2,1-2H3,(H,27,29). The molecule has 0 radical (unpaired) electrons. The molecule has 7 heteroatoms. The highest BCUT2D eigenvalue weighted by Gasteiger charge is 2.25. The van der Waals surface area contributed by atoms with Gasteiger partial charge in [-0.1, -0.05) is 41.9 Å². The van der Waals surface area contributed by atoms with Crippen molar-refractivity contribution in [3.05, 3.63) is 87.9 Å². The summed E-state index contributed by atoms with van der Waals surface area (Å²) in [6, 6.07) is 18.7. The Kier molecular flexibility index (Phi) is 6.38. The van der Waals surface area contributed by atoms with Crippen LogP contribution in [0.15, 0.2) is 60.7 Å². The molecule has 166 valence electrons. The van der Waals surface area contributed by atoms with Gasteiger partial charge in [0, 0.05) is 22.3 Å². The van der Waals surface area contributed by atoms with E-state index in [1.54, 1.807) is 6.92 Å². The average molecular weight is 469 g/mol. The molecule has 3 aromatic rings. The Hall–Kier alpha value is -2.67. The number of anilines is 1. The lowest BCUT2D eigenvalue weighted by Gasteiger charge is -2.14. The second-order valence-electron chi connectivity index (χ2n) is 8.07. The molecule has 1 aliphatic carbocycles. The lowest BCUT2D eigenvalue weighted by Crippen LogP contribution is -2.36. The number of benzene rings is 3. The molecule has 4 rings (SSSR count). The Morgan fingerprint density at radius 3 is 2.47 bits per heavy atom. The van der Waals surface area contributed by atoms with E-state index in [1.807, 2.05) is 67.6 Å². The van der Waals surface area contributed by atoms with Gasteiger partial charge in [0.15, 0.2) is 0 Å². The summed E-state index contributed by atoms with van der Waals surface area (Å²) >= 11 is 6.03. The van der Waals surface area contributed by atoms with Crippen LogP contribution < -0.4 is 10.0 Å². The van der Waals surface area contributed by atoms with Gasteiger partial charge < -0.3 is 5.32 Å². The van der Waals surface area contributed by atoms with Crippen LogP contribution in [0.5, 0.6) is 0 Å². The first-order chi connectivity index (χ1) is 15.3. The summed E-state index contributed by atoms with van der Waals surface area (Å²) in [7, 11) is -3.25. The van der Waals surface area contributed by atoms with E-state index in [9.17, 15) is 13.2 Å². The van der Waals surface area contributed by atoms with Crippen molar-refractivity contribution in [3.63, 3.8) is 0 Å². The van der Waals surface area contributed by atoms with Crippen LogP contribution in [0, 0.1) is 6.92 Å². The topological polar surface area (TPSA) is 75.3 Å². The van der Waals surface area contributed by atoms with Gasteiger partial charge in [0.2, 0.25) is 10.0 Å². The van der Waals surface area contributed by atoms with E-state index >= 15 is 0 Å². The highest BCUT2D eigenvalue weighted by molar-refractivity contribution is 7.89. The number of fused-ring (bicyclic) bond motifs is 1. The maximum atomic E-state index is 13.2. The summed E-state index contributed by atoms with van der Waals surface area (Å²) in [5.74, 6) is -0.132. The second-order valence-corrected chi connectivity index (χ2v) is 10.5. The maximum absolute atomic E-state index is 13.2. The monoisotopic (exact) mass is 468 g/mol. The molecule has 1 aliphatic rings. The Balaban J connectivity index is 1.56. The molecule has 0 fully saturated rings. The molecular formula is C25H25ClN2O3S. The van der Waals surface area contributed by atoms with Crippen molar-refractivity contribution in [2.24, 2.45) is 0 Å². The number of carbonyl (C=O) groups is 1. The van der Waals surface area contributed by atoms with Gasteiger partial charge in [-0.05, 0) is 84.8 Å². The zero-order valence-corrected chi connectivity index (χ0v) is 19.6. The fourth-order valence-electron chi connectivity index (χ4n) is 4.17. The lowest BCUT2D eigenvalue weighted by molar-refractivity contribution is 0.102. The maximum Gasteiger partial charge on any atom is 0.256 e. The third kappa shape index (κ3) is 4.88. The summed E-state index contributed by atoms with van der Waals surface area (Å²) in [4.78, 5) is 13.2. The van der Waals surface area contributed by atoms with Gasteiger partial charge in [0.05, 0.1) is 5.75 Å². The van der Waals surface area contributed by atoms with Crippen molar-refractivity contribution in [1.29, 1.82) is 0 Å². The zero-order chi connectivity index (χ0) is 22.9. The summed E-state index contributed by atoms with van der Waals surface area (Å²) in [6.07, 6.45) is 1.26. The molecule has 0 spiro atoms. The Morgan fingerprint density at radius 2 is 1.75 bits per heavy atom. The summed E-state index contributed by atoms with van der Waals surface area (Å²) in [5, 5.41) is 3.65. The number of rotatable bonds is 6. The number of hydrogen-bond donors (Lipinski definition) is 2. The van der Waals surface area contributed by atoms with Crippen molar-refractivity contribution < 1.29 is 13.2 Å². The summed E-state index contributed by atoms with van der Waals surface area (Å²) in [6.45, 7) is 3.61. The van der Waals surface area contributed by atoms with Crippen molar-refractivity contribution in [2.75, 3.05) is 11.1 Å². The highest BCUT2D eigenvalue weighted by atomic mass is 35.5. The van der Waals surface area contributed by atoms with Gasteiger partial charge in [-0.3, -0.25) is 4.79 Å². The molecular weight excluding hydrogens is 444 g/mol. The van der Waals surface area contributed by atoms with Crippen LogP contribution in [0.25, 0.3) is 11.1 Å². The highest BCUT2D eigenvalue weighted by Crippen LogP contribution is 2.30. The normalized spacial score (nSPS) is 15.4. The van der Waals surface area contributed by atoms with E-state index in [-0.39, 0.29) is 17.7 Å². The number of amides is 1. The molecule has 0 aliphatic heterocycles. The Morgan fingerprint density at radius 1 is 1.03 bits per heavy atom. The van der Waals surface area contributed by atoms with Gasteiger partial charge in [0.1, 0.15) is 0 Å². The third-order valence-corrected chi connectivity index (χ3v) is 7.48. The smallest absolute Gasteiger partial charge is 0.256 e. The van der Waals surface area contributed by atoms with Crippen LogP contribution in [0.3, 0.4) is 0 Å². The molecule has 32 heavy (non-hydrogen) atoms. The van der Waals surface area contributed by atoms with E-state index in [1.165, 1.54) is 0 Å². The number of aryl methyl sites for hydroxylation is 1. The van der Waals surface area contributed by atoms with Gasteiger partial charge in [0.25, 0.3) is 5.91 Å². The minimum Gasteiger partial charge on any atom is -0.322 e. The van der Waals surface area contributed by atoms with Crippen molar-refractivity contribution in [3.8, 4) is 11.1 Å². The van der Waals surface area contributed by atoms with Crippen LogP contribution in [-0.2, 0) is 22.9 Å². The lowest BCUT2D eigenvalue weighted by atomic mass is 9.94. The molecule has 2 N–H and O–H groups in total. The summed E-state index contributed by atoms with van der Waals surface area (Å²) in [5.41, 5.74) is 6.23. The number of carbonyl (C=O) groups excluding carboxylic acids is 1. The van der Waals surface area contributed by atoms with E-state index in [4.69, 9.17) is 11.6 Å². The van der Waals surface area contributed by atoms with Crippen molar-refractivity contribution in [1.82, 2.24) is 4.72 Å². The molecule has 1 atom stereocenters. The van der Waals surface area contributed by atoms with Crippen LogP contribution in [0.2, 0.25) is 5.02 Å². The molecule has 1 unspecified atom stereocenters. The van der Waals surface area contributed by atoms with Crippen LogP contribution in [0.4, 0.5) is 5.69 Å². The van der Waals surface area contributed by atoms with Crippen LogP contribution in [-0.4, -0.2) is 26.1 Å². The first kappa shape index (κ1) is 22.5. The molecule has 0 aromatic heterocycles. The number of halogens is 1. The fraction of sp³-hybridized carbons (Fsp3) is 0.240. The van der Waals surface area contributed by atoms with Crippen molar-refractivity contribution in [2.45, 2.75) is 32.7 Å². The molecule has 5 nitrogen and oxygen atoms in total. The van der Waals surface area contributed by atoms with Gasteiger partial charge >= 0.3 is 0 Å². The predicted molar refractivity (Wildman–Crippen MR) is 130 cm³/mol. The average Bonchev–Trinajstić information content (AvgIpc) is 3.15. The number of sulfonamides is 1. The van der Waals surface area contributed by atoms with Gasteiger partial charge in [-0.2, -0.15) is 0 Å². The summed E-state index contributed by atoms with van der Waals surface area (Å²) < 4.78 is 26.5. The molecule has 0 saturated carbocycles. The van der Waals surface area contributed by atoms with E-state index in [0.29, 0.717) is 29.1 Å². The van der Waals surface area contributed by atoms with Gasteiger partial charge in [-0.15, -0.1) is 0 Å². The quantitative estimate of drug-likeness (QED) is 0.536. The second kappa shape index (κ2) is 9.06. The van der Waals surface area contributed by atoms with Crippen LogP contribution >= 0.6 is 11.6 Å².